The molecule has 2 aromatic rings. The molecule has 0 saturated heterocycles. The predicted molar refractivity (Wildman–Crippen MR) is 103 cm³/mol. The fraction of sp³-hybridized carbons (Fsp3) is 0.500. The van der Waals surface area contributed by atoms with E-state index < -0.39 is 11.4 Å². The number of carbonyl (C=O) groups excluding carboxylic acids is 1. The predicted octanol–water partition coefficient (Wildman–Crippen LogP) is 2.68. The minimum atomic E-state index is -0.884. The molecule has 0 aliphatic heterocycles. The molecular formula is C20H26FN5O2. The van der Waals surface area contributed by atoms with Crippen molar-refractivity contribution in [3.05, 3.63) is 35.9 Å². The summed E-state index contributed by atoms with van der Waals surface area (Å²) in [4.78, 5) is 22.3. The summed E-state index contributed by atoms with van der Waals surface area (Å²) in [6.45, 7) is 0. The quantitative estimate of drug-likeness (QED) is 0.743. The molecule has 0 atom stereocenters. The molecule has 2 heterocycles. The van der Waals surface area contributed by atoms with Gasteiger partial charge in [-0.25, -0.2) is 19.3 Å². The Labute approximate surface area is 163 Å². The van der Waals surface area contributed by atoms with Gasteiger partial charge in [0.15, 0.2) is 5.82 Å². The smallest absolute Gasteiger partial charge is 0.220 e. The van der Waals surface area contributed by atoms with Crippen LogP contribution in [0.1, 0.15) is 57.1 Å². The first kappa shape index (κ1) is 20.1. The molecule has 0 bridgehead atoms. The number of rotatable bonds is 3. The molecule has 0 aromatic carbocycles. The third kappa shape index (κ3) is 4.62. The molecule has 1 amide bonds. The maximum atomic E-state index is 13.7. The fourth-order valence-corrected chi connectivity index (χ4v) is 3.54. The van der Waals surface area contributed by atoms with Gasteiger partial charge in [-0.1, -0.05) is 25.3 Å². The highest BCUT2D eigenvalue weighted by molar-refractivity contribution is 5.76. The van der Waals surface area contributed by atoms with E-state index in [1.807, 2.05) is 0 Å². The molecular weight excluding hydrogens is 361 g/mol. The Morgan fingerprint density at radius 1 is 1.14 bits per heavy atom. The van der Waals surface area contributed by atoms with Gasteiger partial charge in [-0.2, -0.15) is 0 Å². The lowest BCUT2D eigenvalue weighted by atomic mass is 9.77. The number of nitrogens with zero attached hydrogens (tertiary/aromatic N) is 3. The van der Waals surface area contributed by atoms with Crippen molar-refractivity contribution in [3.63, 3.8) is 0 Å². The van der Waals surface area contributed by atoms with E-state index >= 15 is 0 Å². The normalized spacial score (nSPS) is 18.5. The monoisotopic (exact) mass is 387 g/mol. The van der Waals surface area contributed by atoms with Gasteiger partial charge in [0.1, 0.15) is 11.3 Å². The van der Waals surface area contributed by atoms with E-state index in [9.17, 15) is 14.3 Å². The highest BCUT2D eigenvalue weighted by Crippen LogP contribution is 2.40. The molecule has 28 heavy (non-hydrogen) atoms. The van der Waals surface area contributed by atoms with E-state index in [-0.39, 0.29) is 23.5 Å². The van der Waals surface area contributed by atoms with Gasteiger partial charge in [0.25, 0.3) is 0 Å². The second-order valence-electron chi connectivity index (χ2n) is 7.46. The van der Waals surface area contributed by atoms with E-state index in [0.717, 1.165) is 25.5 Å². The van der Waals surface area contributed by atoms with Crippen molar-refractivity contribution in [1.29, 1.82) is 0 Å². The number of amides is 1. The Kier molecular flexibility index (Phi) is 6.18. The van der Waals surface area contributed by atoms with Gasteiger partial charge in [0, 0.05) is 5.92 Å². The highest BCUT2D eigenvalue weighted by atomic mass is 19.1. The molecule has 8 heteroatoms. The number of aliphatic hydroxyl groups is 1. The van der Waals surface area contributed by atoms with Gasteiger partial charge in [-0.3, -0.25) is 4.79 Å². The first-order valence-corrected chi connectivity index (χ1v) is 9.67. The molecule has 2 aliphatic carbocycles. The summed E-state index contributed by atoms with van der Waals surface area (Å²) in [7, 11) is 0. The fourth-order valence-electron chi connectivity index (χ4n) is 3.54. The molecule has 0 radical (unpaired) electrons. The number of pyridine rings is 1. The summed E-state index contributed by atoms with van der Waals surface area (Å²) in [5.41, 5.74) is 10.7. The van der Waals surface area contributed by atoms with E-state index in [2.05, 4.69) is 15.0 Å². The number of hydrogen-bond acceptors (Lipinski definition) is 6. The third-order valence-electron chi connectivity index (χ3n) is 5.42. The SMILES string of the molecule is NC(=O)C1CCCCC1.Nc1ncc(F)c(-c2cccc(C3(O)CCC3)n2)n1. The van der Waals surface area contributed by atoms with E-state index in [1.165, 1.54) is 19.3 Å². The topological polar surface area (TPSA) is 128 Å². The molecule has 5 N–H and O–H groups in total. The van der Waals surface area contributed by atoms with Crippen LogP contribution in [0.3, 0.4) is 0 Å². The highest BCUT2D eigenvalue weighted by Gasteiger charge is 2.37. The van der Waals surface area contributed by atoms with Crippen LogP contribution in [-0.2, 0) is 10.4 Å². The summed E-state index contributed by atoms with van der Waals surface area (Å²) in [5, 5.41) is 10.3. The second kappa shape index (κ2) is 8.60. The third-order valence-corrected chi connectivity index (χ3v) is 5.42. The Morgan fingerprint density at radius 3 is 2.43 bits per heavy atom. The van der Waals surface area contributed by atoms with Gasteiger partial charge in [0.05, 0.1) is 17.6 Å². The van der Waals surface area contributed by atoms with Crippen molar-refractivity contribution in [1.82, 2.24) is 15.0 Å². The number of nitrogens with two attached hydrogens (primary N) is 2. The summed E-state index contributed by atoms with van der Waals surface area (Å²) in [6, 6.07) is 5.10. The average molecular weight is 387 g/mol. The average Bonchev–Trinajstić information content (AvgIpc) is 2.69. The lowest BCUT2D eigenvalue weighted by Crippen LogP contribution is -2.34. The van der Waals surface area contributed by atoms with Crippen LogP contribution in [0.25, 0.3) is 11.4 Å². The number of anilines is 1. The van der Waals surface area contributed by atoms with Gasteiger partial charge in [-0.15, -0.1) is 0 Å². The molecule has 4 rings (SSSR count). The summed E-state index contributed by atoms with van der Waals surface area (Å²) >= 11 is 0. The van der Waals surface area contributed by atoms with Crippen LogP contribution in [0, 0.1) is 11.7 Å². The van der Waals surface area contributed by atoms with Crippen LogP contribution < -0.4 is 11.5 Å². The van der Waals surface area contributed by atoms with E-state index in [1.54, 1.807) is 18.2 Å². The van der Waals surface area contributed by atoms with Crippen molar-refractivity contribution >= 4 is 11.9 Å². The van der Waals surface area contributed by atoms with E-state index in [4.69, 9.17) is 11.5 Å². The number of aromatic nitrogens is 3. The van der Waals surface area contributed by atoms with E-state index in [0.29, 0.717) is 24.2 Å². The number of halogens is 1. The van der Waals surface area contributed by atoms with Crippen molar-refractivity contribution in [2.24, 2.45) is 11.7 Å². The van der Waals surface area contributed by atoms with Gasteiger partial charge >= 0.3 is 0 Å². The largest absolute Gasteiger partial charge is 0.384 e. The molecule has 2 saturated carbocycles. The maximum Gasteiger partial charge on any atom is 0.220 e. The van der Waals surface area contributed by atoms with Crippen molar-refractivity contribution in [2.75, 3.05) is 5.73 Å². The van der Waals surface area contributed by atoms with Crippen LogP contribution in [-0.4, -0.2) is 26.0 Å². The first-order chi connectivity index (χ1) is 13.4. The molecule has 0 spiro atoms. The van der Waals surface area contributed by atoms with Crippen molar-refractivity contribution in [2.45, 2.75) is 57.0 Å². The minimum Gasteiger partial charge on any atom is -0.384 e. The van der Waals surface area contributed by atoms with Gasteiger partial charge in [0.2, 0.25) is 11.9 Å². The summed E-state index contributed by atoms with van der Waals surface area (Å²) in [5.74, 6) is -0.501. The number of hydrogen-bond donors (Lipinski definition) is 3. The lowest BCUT2D eigenvalue weighted by molar-refractivity contribution is -0.122. The maximum absolute atomic E-state index is 13.7. The molecule has 2 fully saturated rings. The standard InChI is InChI=1S/C13H13FN4O.C7H13NO/c14-8-7-16-12(15)18-11(8)9-3-1-4-10(17-9)13(19)5-2-6-13;8-7(9)6-4-2-1-3-5-6/h1,3-4,7,19H,2,5-6H2,(H2,15,16,18);6H,1-5H2,(H2,8,9). The molecule has 7 nitrogen and oxygen atoms in total. The van der Waals surface area contributed by atoms with Crippen LogP contribution in [0.5, 0.6) is 0 Å². The second-order valence-corrected chi connectivity index (χ2v) is 7.46. The zero-order valence-corrected chi connectivity index (χ0v) is 15.8. The van der Waals surface area contributed by atoms with Crippen LogP contribution >= 0.6 is 0 Å². The molecule has 0 unspecified atom stereocenters. The molecule has 2 aromatic heterocycles. The van der Waals surface area contributed by atoms with Crippen molar-refractivity contribution < 1.29 is 14.3 Å². The minimum absolute atomic E-state index is 0.00837. The summed E-state index contributed by atoms with van der Waals surface area (Å²) in [6.07, 6.45) is 9.05. The van der Waals surface area contributed by atoms with Crippen LogP contribution in [0.2, 0.25) is 0 Å². The van der Waals surface area contributed by atoms with Gasteiger partial charge in [-0.05, 0) is 44.2 Å². The Balaban J connectivity index is 0.000000211. The molecule has 150 valence electrons. The molecule has 2 aliphatic rings. The van der Waals surface area contributed by atoms with Crippen LogP contribution in [0.4, 0.5) is 10.3 Å². The zero-order valence-electron chi connectivity index (χ0n) is 15.8. The Hall–Kier alpha value is -2.61. The summed E-state index contributed by atoms with van der Waals surface area (Å²) < 4.78 is 13.7. The zero-order chi connectivity index (χ0) is 20.1. The van der Waals surface area contributed by atoms with Gasteiger partial charge < -0.3 is 16.6 Å². The van der Waals surface area contributed by atoms with Crippen LogP contribution in [0.15, 0.2) is 24.4 Å². The number of nitrogen functional groups attached to an aromatic ring is 1. The Morgan fingerprint density at radius 2 is 1.86 bits per heavy atom. The lowest BCUT2D eigenvalue weighted by Gasteiger charge is -2.36. The number of carbonyl (C=O) groups is 1. The van der Waals surface area contributed by atoms with Crippen molar-refractivity contribution in [3.8, 4) is 11.4 Å². The first-order valence-electron chi connectivity index (χ1n) is 9.67. The Bertz CT molecular complexity index is 835. The number of primary amides is 1.